The highest BCUT2D eigenvalue weighted by Gasteiger charge is 2.05. The van der Waals surface area contributed by atoms with Gasteiger partial charge in [-0.1, -0.05) is 0 Å². The predicted octanol–water partition coefficient (Wildman–Crippen LogP) is -1.29. The van der Waals surface area contributed by atoms with Gasteiger partial charge >= 0.3 is 5.69 Å². The number of rotatable bonds is 2. The van der Waals surface area contributed by atoms with Gasteiger partial charge in [-0.3, -0.25) is 14.0 Å². The molecule has 0 fully saturated rings. The van der Waals surface area contributed by atoms with E-state index in [-0.39, 0.29) is 12.1 Å². The molecular weight excluding hydrogens is 198 g/mol. The van der Waals surface area contributed by atoms with E-state index >= 15 is 0 Å². The molecule has 0 atom stereocenters. The smallest absolute Gasteiger partial charge is 0.314 e. The van der Waals surface area contributed by atoms with Crippen LogP contribution in [0.2, 0.25) is 0 Å². The lowest BCUT2D eigenvalue weighted by atomic mass is 10.5. The van der Waals surface area contributed by atoms with Crippen molar-refractivity contribution in [3.63, 3.8) is 0 Å². The van der Waals surface area contributed by atoms with Gasteiger partial charge in [0.25, 0.3) is 5.56 Å². The highest BCUT2D eigenvalue weighted by molar-refractivity contribution is 4.90. The van der Waals surface area contributed by atoms with Crippen molar-refractivity contribution in [2.24, 2.45) is 7.05 Å². The Balaban J connectivity index is 2.45. The summed E-state index contributed by atoms with van der Waals surface area (Å²) in [7, 11) is 1.70. The molecule has 2 heterocycles. The second kappa shape index (κ2) is 3.52. The van der Waals surface area contributed by atoms with E-state index in [4.69, 9.17) is 0 Å². The van der Waals surface area contributed by atoms with Gasteiger partial charge in [0, 0.05) is 19.3 Å². The lowest BCUT2D eigenvalue weighted by Gasteiger charge is -2.02. The normalized spacial score (nSPS) is 10.5. The number of nitrogens with zero attached hydrogens (tertiary/aromatic N) is 4. The molecule has 7 heteroatoms. The number of aromatic nitrogens is 5. The van der Waals surface area contributed by atoms with Gasteiger partial charge in [0.2, 0.25) is 0 Å². The molecule has 78 valence electrons. The van der Waals surface area contributed by atoms with E-state index in [2.05, 4.69) is 15.1 Å². The standard InChI is InChI=1S/C8H9N5O2/c1-12-6(10-5-11-12)4-13-7(14)2-3-9-8(13)15/h2-3,5H,4H2,1H3,(H,9,15). The van der Waals surface area contributed by atoms with E-state index in [1.54, 1.807) is 7.05 Å². The van der Waals surface area contributed by atoms with Gasteiger partial charge in [0.05, 0.1) is 6.54 Å². The van der Waals surface area contributed by atoms with Gasteiger partial charge in [-0.15, -0.1) is 0 Å². The van der Waals surface area contributed by atoms with Crippen LogP contribution in [-0.4, -0.2) is 24.3 Å². The zero-order valence-corrected chi connectivity index (χ0v) is 8.04. The highest BCUT2D eigenvalue weighted by Crippen LogP contribution is 1.90. The Labute approximate surface area is 84.0 Å². The maximum atomic E-state index is 11.4. The summed E-state index contributed by atoms with van der Waals surface area (Å²) in [6.45, 7) is 0.117. The van der Waals surface area contributed by atoms with E-state index in [1.165, 1.54) is 23.3 Å². The number of aryl methyl sites for hydroxylation is 1. The number of hydrogen-bond acceptors (Lipinski definition) is 4. The topological polar surface area (TPSA) is 85.6 Å². The molecule has 15 heavy (non-hydrogen) atoms. The molecule has 0 aliphatic carbocycles. The van der Waals surface area contributed by atoms with E-state index in [1.807, 2.05) is 0 Å². The average Bonchev–Trinajstić information content (AvgIpc) is 2.58. The molecule has 0 radical (unpaired) electrons. The number of H-pyrrole nitrogens is 1. The summed E-state index contributed by atoms with van der Waals surface area (Å²) < 4.78 is 2.57. The number of hydrogen-bond donors (Lipinski definition) is 1. The molecule has 0 aliphatic rings. The summed E-state index contributed by atoms with van der Waals surface area (Å²) in [5, 5.41) is 3.85. The molecule has 0 saturated carbocycles. The van der Waals surface area contributed by atoms with Crippen LogP contribution in [0.15, 0.2) is 28.2 Å². The average molecular weight is 207 g/mol. The molecule has 2 rings (SSSR count). The minimum Gasteiger partial charge on any atom is -0.314 e. The summed E-state index contributed by atoms with van der Waals surface area (Å²) in [6, 6.07) is 1.29. The maximum Gasteiger partial charge on any atom is 0.328 e. The molecule has 0 aliphatic heterocycles. The molecule has 0 saturated heterocycles. The molecule has 2 aromatic heterocycles. The van der Waals surface area contributed by atoms with E-state index in [0.29, 0.717) is 5.82 Å². The molecule has 2 aromatic rings. The van der Waals surface area contributed by atoms with Crippen molar-refractivity contribution in [2.75, 3.05) is 0 Å². The van der Waals surface area contributed by atoms with E-state index < -0.39 is 5.69 Å². The van der Waals surface area contributed by atoms with Gasteiger partial charge in [-0.05, 0) is 0 Å². The van der Waals surface area contributed by atoms with Gasteiger partial charge in [-0.2, -0.15) is 5.10 Å². The lowest BCUT2D eigenvalue weighted by molar-refractivity contribution is 0.616. The Hall–Kier alpha value is -2.18. The first-order valence-corrected chi connectivity index (χ1v) is 4.30. The fourth-order valence-electron chi connectivity index (χ4n) is 1.21. The van der Waals surface area contributed by atoms with Gasteiger partial charge in [0.15, 0.2) is 0 Å². The first-order valence-electron chi connectivity index (χ1n) is 4.30. The summed E-state index contributed by atoms with van der Waals surface area (Å²) in [6.07, 6.45) is 2.69. The molecule has 0 aromatic carbocycles. The Bertz CT molecular complexity index is 551. The van der Waals surface area contributed by atoms with Crippen LogP contribution in [0.5, 0.6) is 0 Å². The molecule has 0 bridgehead atoms. The first kappa shape index (κ1) is 9.38. The van der Waals surface area contributed by atoms with Crippen LogP contribution >= 0.6 is 0 Å². The van der Waals surface area contributed by atoms with Gasteiger partial charge < -0.3 is 4.98 Å². The van der Waals surface area contributed by atoms with Gasteiger partial charge in [-0.25, -0.2) is 9.78 Å². The van der Waals surface area contributed by atoms with Crippen LogP contribution in [-0.2, 0) is 13.6 Å². The Kier molecular flexibility index (Phi) is 2.20. The summed E-state index contributed by atoms with van der Waals surface area (Å²) in [5.41, 5.74) is -0.813. The van der Waals surface area contributed by atoms with Crippen LogP contribution in [0.3, 0.4) is 0 Å². The minimum atomic E-state index is -0.453. The lowest BCUT2D eigenvalue weighted by Crippen LogP contribution is -2.34. The zero-order valence-electron chi connectivity index (χ0n) is 8.04. The zero-order chi connectivity index (χ0) is 10.8. The minimum absolute atomic E-state index is 0.117. The van der Waals surface area contributed by atoms with Crippen molar-refractivity contribution >= 4 is 0 Å². The van der Waals surface area contributed by atoms with Crippen molar-refractivity contribution in [3.05, 3.63) is 45.3 Å². The van der Waals surface area contributed by atoms with Crippen LogP contribution in [0.25, 0.3) is 0 Å². The Morgan fingerprint density at radius 1 is 1.47 bits per heavy atom. The van der Waals surface area contributed by atoms with Gasteiger partial charge in [0.1, 0.15) is 12.2 Å². The molecule has 0 amide bonds. The summed E-state index contributed by atoms with van der Waals surface area (Å²) in [4.78, 5) is 29.0. The Morgan fingerprint density at radius 3 is 2.87 bits per heavy atom. The van der Waals surface area contributed by atoms with Crippen LogP contribution in [0.1, 0.15) is 5.82 Å². The summed E-state index contributed by atoms with van der Waals surface area (Å²) >= 11 is 0. The number of aromatic amines is 1. The molecular formula is C8H9N5O2. The largest absolute Gasteiger partial charge is 0.328 e. The third-order valence-electron chi connectivity index (χ3n) is 2.05. The third-order valence-corrected chi connectivity index (χ3v) is 2.05. The van der Waals surface area contributed by atoms with Crippen molar-refractivity contribution < 1.29 is 0 Å². The monoisotopic (exact) mass is 207 g/mol. The van der Waals surface area contributed by atoms with Crippen molar-refractivity contribution in [3.8, 4) is 0 Å². The maximum absolute atomic E-state index is 11.4. The molecule has 1 N–H and O–H groups in total. The Morgan fingerprint density at radius 2 is 2.27 bits per heavy atom. The van der Waals surface area contributed by atoms with E-state index in [9.17, 15) is 9.59 Å². The van der Waals surface area contributed by atoms with Crippen LogP contribution in [0, 0.1) is 0 Å². The number of nitrogens with one attached hydrogen (secondary N) is 1. The van der Waals surface area contributed by atoms with Crippen LogP contribution in [0.4, 0.5) is 0 Å². The second-order valence-corrected chi connectivity index (χ2v) is 3.01. The van der Waals surface area contributed by atoms with Crippen molar-refractivity contribution in [1.29, 1.82) is 0 Å². The van der Waals surface area contributed by atoms with Crippen molar-refractivity contribution in [1.82, 2.24) is 24.3 Å². The third kappa shape index (κ3) is 1.71. The summed E-state index contributed by atoms with van der Waals surface area (Å²) in [5.74, 6) is 0.550. The molecule has 0 spiro atoms. The van der Waals surface area contributed by atoms with Crippen LogP contribution < -0.4 is 11.2 Å². The SMILES string of the molecule is Cn1ncnc1Cn1c(=O)cc[nH]c1=O. The fraction of sp³-hybridized carbons (Fsp3) is 0.250. The quantitative estimate of drug-likeness (QED) is 0.664. The second-order valence-electron chi connectivity index (χ2n) is 3.01. The molecule has 7 nitrogen and oxygen atoms in total. The van der Waals surface area contributed by atoms with E-state index in [0.717, 1.165) is 4.57 Å². The predicted molar refractivity (Wildman–Crippen MR) is 51.4 cm³/mol. The first-order chi connectivity index (χ1) is 7.18. The highest BCUT2D eigenvalue weighted by atomic mass is 16.2. The van der Waals surface area contributed by atoms with Crippen molar-refractivity contribution in [2.45, 2.75) is 6.54 Å². The fourth-order valence-corrected chi connectivity index (χ4v) is 1.21. The molecule has 0 unspecified atom stereocenters.